The number of aromatic nitrogens is 1. The van der Waals surface area contributed by atoms with E-state index in [2.05, 4.69) is 117 Å². The summed E-state index contributed by atoms with van der Waals surface area (Å²) in [5, 5.41) is 2.45. The van der Waals surface area contributed by atoms with Crippen molar-refractivity contribution < 1.29 is 13.5 Å². The number of furan rings is 1. The molecule has 3 atom stereocenters. The lowest BCUT2D eigenvalue weighted by molar-refractivity contribution is -0.880. The van der Waals surface area contributed by atoms with Crippen LogP contribution in [0.2, 0.25) is 0 Å². The van der Waals surface area contributed by atoms with E-state index >= 15 is 0 Å². The number of quaternary nitrogens is 1. The molecular formula is C34H28N2O+2. The van der Waals surface area contributed by atoms with Crippen LogP contribution in [0.4, 0.5) is 0 Å². The van der Waals surface area contributed by atoms with Crippen molar-refractivity contribution in [1.29, 1.82) is 0 Å². The van der Waals surface area contributed by atoms with E-state index in [1.807, 2.05) is 0 Å². The van der Waals surface area contributed by atoms with Crippen molar-refractivity contribution in [3.63, 3.8) is 0 Å². The molecule has 1 spiro atoms. The van der Waals surface area contributed by atoms with Gasteiger partial charge >= 0.3 is 0 Å². The quantitative estimate of drug-likeness (QED) is 0.171. The lowest BCUT2D eigenvalue weighted by atomic mass is 9.92. The zero-order valence-electron chi connectivity index (χ0n) is 21.3. The minimum absolute atomic E-state index is 0.0838. The Hall–Kier alpha value is -3.95. The van der Waals surface area contributed by atoms with Crippen LogP contribution in [0.15, 0.2) is 89.5 Å². The minimum atomic E-state index is -0.0838. The van der Waals surface area contributed by atoms with Crippen molar-refractivity contribution >= 4 is 33.7 Å². The number of pyridine rings is 1. The van der Waals surface area contributed by atoms with Crippen LogP contribution >= 0.6 is 0 Å². The minimum Gasteiger partial charge on any atom is -0.455 e. The predicted octanol–water partition coefficient (Wildman–Crippen LogP) is 7.11. The smallest absolute Gasteiger partial charge is 0.231 e. The molecule has 3 nitrogen and oxygen atoms in total. The van der Waals surface area contributed by atoms with E-state index in [0.717, 1.165) is 22.1 Å². The number of nitrogens with zero attached hydrogens (tertiary/aromatic N) is 2. The number of allylic oxidation sites excluding steroid dienone is 2. The molecule has 37 heavy (non-hydrogen) atoms. The third-order valence-electron chi connectivity index (χ3n) is 9.94. The van der Waals surface area contributed by atoms with Gasteiger partial charge in [0, 0.05) is 34.0 Å². The maximum absolute atomic E-state index is 6.87. The largest absolute Gasteiger partial charge is 0.455 e. The molecule has 1 fully saturated rings. The van der Waals surface area contributed by atoms with E-state index in [4.69, 9.17) is 4.42 Å². The summed E-state index contributed by atoms with van der Waals surface area (Å²) in [6.45, 7) is 2.20. The molecule has 1 saturated carbocycles. The summed E-state index contributed by atoms with van der Waals surface area (Å²) in [6, 6.07) is 25.3. The molecule has 9 rings (SSSR count). The normalized spacial score (nSPS) is 26.4. The first kappa shape index (κ1) is 20.1. The van der Waals surface area contributed by atoms with Crippen LogP contribution in [0, 0.1) is 0 Å². The second-order valence-electron chi connectivity index (χ2n) is 11.5. The SMILES string of the molecule is C/C=C1/c2c(ccc3c2oc2c4c(ccc23)CC=C4)C2(C3c4ccccc4-c4cccc[n+]4C32)[N+]1(C)C. The van der Waals surface area contributed by atoms with Gasteiger partial charge in [-0.1, -0.05) is 48.6 Å². The molecule has 0 saturated heterocycles. The Kier molecular flexibility index (Phi) is 3.43. The van der Waals surface area contributed by atoms with Crippen molar-refractivity contribution in [3.05, 3.63) is 113 Å². The van der Waals surface area contributed by atoms with Gasteiger partial charge in [-0.25, -0.2) is 0 Å². The van der Waals surface area contributed by atoms with Gasteiger partial charge < -0.3 is 4.42 Å². The molecule has 0 radical (unpaired) electrons. The zero-order chi connectivity index (χ0) is 24.7. The Balaban J connectivity index is 1.40. The molecule has 3 unspecified atom stereocenters. The van der Waals surface area contributed by atoms with Gasteiger partial charge in [0.15, 0.2) is 6.20 Å². The topological polar surface area (TPSA) is 17.0 Å². The number of benzene rings is 3. The lowest BCUT2D eigenvalue weighted by Crippen LogP contribution is -2.48. The Labute approximate surface area is 216 Å². The number of rotatable bonds is 0. The van der Waals surface area contributed by atoms with Crippen LogP contribution in [0.3, 0.4) is 0 Å². The van der Waals surface area contributed by atoms with Gasteiger partial charge in [0.05, 0.1) is 25.2 Å². The number of hydrogen-bond donors (Lipinski definition) is 0. The molecule has 4 aliphatic rings. The lowest BCUT2D eigenvalue weighted by Gasteiger charge is -2.33. The van der Waals surface area contributed by atoms with Gasteiger partial charge in [-0.2, -0.15) is 4.57 Å². The molecule has 2 aromatic heterocycles. The van der Waals surface area contributed by atoms with E-state index in [9.17, 15) is 0 Å². The Bertz CT molecular complexity index is 1870. The second-order valence-corrected chi connectivity index (χ2v) is 11.5. The van der Waals surface area contributed by atoms with Crippen molar-refractivity contribution in [2.24, 2.45) is 0 Å². The molecule has 0 N–H and O–H groups in total. The van der Waals surface area contributed by atoms with Crippen molar-refractivity contribution in [3.8, 4) is 11.3 Å². The zero-order valence-corrected chi connectivity index (χ0v) is 21.3. The fourth-order valence-corrected chi connectivity index (χ4v) is 8.54. The monoisotopic (exact) mass is 480 g/mol. The molecular weight excluding hydrogens is 452 g/mol. The standard InChI is InChI=1S/C34H28N2O/c1-4-28-29-26(18-17-25-24-16-15-20-10-9-13-21(20)31(24)37-32(25)29)34(36(28,2)3)30-23-12-6-5-11-22(23)27-14-7-8-19-35(27)33(30)34/h4-9,11-19,30,33H,10H2,1-3H3/q+2/b28-4-. The summed E-state index contributed by atoms with van der Waals surface area (Å²) >= 11 is 0. The van der Waals surface area contributed by atoms with Crippen LogP contribution < -0.4 is 4.57 Å². The molecule has 3 aromatic carbocycles. The van der Waals surface area contributed by atoms with E-state index in [1.165, 1.54) is 55.5 Å². The summed E-state index contributed by atoms with van der Waals surface area (Å²) in [5.41, 5.74) is 12.9. The third kappa shape index (κ3) is 2.04. The first-order valence-electron chi connectivity index (χ1n) is 13.4. The van der Waals surface area contributed by atoms with E-state index in [-0.39, 0.29) is 5.54 Å². The van der Waals surface area contributed by atoms with Gasteiger partial charge in [-0.15, -0.1) is 0 Å². The van der Waals surface area contributed by atoms with E-state index in [0.29, 0.717) is 12.0 Å². The number of fused-ring (bicyclic) bond motifs is 16. The second kappa shape index (κ2) is 6.30. The fraction of sp³-hybridized carbons (Fsp3) is 0.206. The molecule has 2 aliphatic carbocycles. The molecule has 4 heterocycles. The van der Waals surface area contributed by atoms with Crippen LogP contribution in [0.5, 0.6) is 0 Å². The van der Waals surface area contributed by atoms with Crippen molar-refractivity contribution in [2.75, 3.05) is 14.1 Å². The first-order chi connectivity index (χ1) is 18.1. The predicted molar refractivity (Wildman–Crippen MR) is 148 cm³/mol. The number of hydrogen-bond acceptors (Lipinski definition) is 1. The van der Waals surface area contributed by atoms with Crippen LogP contribution in [-0.4, -0.2) is 18.6 Å². The first-order valence-corrected chi connectivity index (χ1v) is 13.4. The third-order valence-corrected chi connectivity index (χ3v) is 9.94. The summed E-state index contributed by atoms with van der Waals surface area (Å²) in [6.07, 6.45) is 10.1. The van der Waals surface area contributed by atoms with E-state index in [1.54, 1.807) is 0 Å². The molecule has 178 valence electrons. The Morgan fingerprint density at radius 2 is 1.76 bits per heavy atom. The molecule has 0 amide bonds. The van der Waals surface area contributed by atoms with Crippen LogP contribution in [-0.2, 0) is 12.0 Å². The number of likely N-dealkylation sites (N-methyl/N-ethyl adjacent to an activating group) is 1. The maximum Gasteiger partial charge on any atom is 0.231 e. The maximum atomic E-state index is 6.87. The highest BCUT2D eigenvalue weighted by molar-refractivity contribution is 6.11. The average Bonchev–Trinajstić information content (AvgIpc) is 3.14. The summed E-state index contributed by atoms with van der Waals surface area (Å²) < 4.78 is 10.2. The fourth-order valence-electron chi connectivity index (χ4n) is 8.54. The van der Waals surface area contributed by atoms with Gasteiger partial charge in [-0.05, 0) is 48.7 Å². The van der Waals surface area contributed by atoms with Crippen LogP contribution in [0.25, 0.3) is 45.0 Å². The average molecular weight is 481 g/mol. The van der Waals surface area contributed by atoms with Gasteiger partial charge in [-0.3, -0.25) is 4.48 Å². The summed E-state index contributed by atoms with van der Waals surface area (Å²) in [7, 11) is 4.82. The highest BCUT2D eigenvalue weighted by Gasteiger charge is 2.87. The van der Waals surface area contributed by atoms with Crippen molar-refractivity contribution in [1.82, 2.24) is 0 Å². The van der Waals surface area contributed by atoms with Crippen molar-refractivity contribution in [2.45, 2.75) is 30.8 Å². The molecule has 0 bridgehead atoms. The van der Waals surface area contributed by atoms with Gasteiger partial charge in [0.2, 0.25) is 17.3 Å². The molecule has 5 aromatic rings. The molecule has 3 heteroatoms. The van der Waals surface area contributed by atoms with Crippen LogP contribution in [0.1, 0.15) is 46.7 Å². The Morgan fingerprint density at radius 3 is 2.65 bits per heavy atom. The summed E-state index contributed by atoms with van der Waals surface area (Å²) in [5.74, 6) is 0.406. The molecule has 2 aliphatic heterocycles. The Morgan fingerprint density at radius 1 is 0.946 bits per heavy atom. The van der Waals surface area contributed by atoms with Gasteiger partial charge in [0.1, 0.15) is 22.8 Å². The highest BCUT2D eigenvalue weighted by Crippen LogP contribution is 2.77. The van der Waals surface area contributed by atoms with E-state index < -0.39 is 0 Å². The van der Waals surface area contributed by atoms with Gasteiger partial charge in [0.25, 0.3) is 0 Å². The highest BCUT2D eigenvalue weighted by atomic mass is 16.3. The summed E-state index contributed by atoms with van der Waals surface area (Å²) in [4.78, 5) is 0.